The van der Waals surface area contributed by atoms with Crippen LogP contribution in [0.1, 0.15) is 0 Å². The summed E-state index contributed by atoms with van der Waals surface area (Å²) in [5.41, 5.74) is 0. The fourth-order valence-electron chi connectivity index (χ4n) is 0.891. The van der Waals surface area contributed by atoms with Gasteiger partial charge in [0.1, 0.15) is 5.75 Å². The van der Waals surface area contributed by atoms with Crippen LogP contribution in [-0.2, 0) is 10.0 Å². The fraction of sp³-hybridized carbons (Fsp3) is 0.143. The highest BCUT2D eigenvalue weighted by atomic mass is 32.2. The Bertz CT molecular complexity index is 471. The van der Waals surface area contributed by atoms with E-state index in [1.807, 2.05) is 0 Å². The van der Waals surface area contributed by atoms with Gasteiger partial charge in [-0.15, -0.1) is 13.2 Å². The molecule has 5 nitrogen and oxygen atoms in total. The molecule has 0 aliphatic carbocycles. The predicted molar refractivity (Wildman–Crippen MR) is 45.2 cm³/mol. The average Bonchev–Trinajstić information content (AvgIpc) is 2.15. The Labute approximate surface area is 88.5 Å². The number of rotatable bonds is 3. The van der Waals surface area contributed by atoms with Gasteiger partial charge in [0.15, 0.2) is 0 Å². The lowest BCUT2D eigenvalue weighted by molar-refractivity contribution is -0.274. The van der Waals surface area contributed by atoms with E-state index in [-0.39, 0.29) is 0 Å². The van der Waals surface area contributed by atoms with Crippen molar-refractivity contribution in [1.29, 1.82) is 0 Å². The van der Waals surface area contributed by atoms with Crippen LogP contribution in [0.25, 0.3) is 0 Å². The summed E-state index contributed by atoms with van der Waals surface area (Å²) < 4.78 is 61.0. The van der Waals surface area contributed by atoms with Crippen molar-refractivity contribution >= 4 is 10.0 Å². The van der Waals surface area contributed by atoms with Crippen LogP contribution in [0.2, 0.25) is 0 Å². The second-order valence-electron chi connectivity index (χ2n) is 2.62. The molecular weight excluding hydrogens is 251 g/mol. The zero-order valence-corrected chi connectivity index (χ0v) is 8.34. The highest BCUT2D eigenvalue weighted by Gasteiger charge is 2.31. The third-order valence-electron chi connectivity index (χ3n) is 1.47. The van der Waals surface area contributed by atoms with Crippen molar-refractivity contribution in [3.8, 4) is 5.75 Å². The average molecular weight is 257 g/mol. The standard InChI is InChI=1S/C7H6F3NO4S/c8-7(9,10)15-5-2-1-3-6(4-5)16(13,14)11-12/h1-4,11-12H. The molecule has 0 saturated carbocycles. The largest absolute Gasteiger partial charge is 0.573 e. The van der Waals surface area contributed by atoms with E-state index < -0.39 is 27.0 Å². The lowest BCUT2D eigenvalue weighted by atomic mass is 10.3. The van der Waals surface area contributed by atoms with Gasteiger partial charge in [-0.05, 0) is 12.1 Å². The molecule has 0 bridgehead atoms. The van der Waals surface area contributed by atoms with Crippen molar-refractivity contribution in [2.75, 3.05) is 0 Å². The van der Waals surface area contributed by atoms with Crippen LogP contribution in [-0.4, -0.2) is 20.0 Å². The van der Waals surface area contributed by atoms with Gasteiger partial charge < -0.3 is 9.94 Å². The van der Waals surface area contributed by atoms with Gasteiger partial charge in [-0.25, -0.2) is 8.42 Å². The number of benzene rings is 1. The van der Waals surface area contributed by atoms with E-state index in [4.69, 9.17) is 5.21 Å². The normalized spacial score (nSPS) is 12.5. The van der Waals surface area contributed by atoms with Gasteiger partial charge in [-0.3, -0.25) is 0 Å². The van der Waals surface area contributed by atoms with Crippen LogP contribution in [0.5, 0.6) is 5.75 Å². The molecule has 0 aliphatic heterocycles. The van der Waals surface area contributed by atoms with Gasteiger partial charge in [0.05, 0.1) is 4.90 Å². The van der Waals surface area contributed by atoms with Crippen LogP contribution in [0, 0.1) is 0 Å². The summed E-state index contributed by atoms with van der Waals surface area (Å²) in [5.74, 6) is -0.691. The van der Waals surface area contributed by atoms with Crippen LogP contribution >= 0.6 is 0 Å². The first-order valence-corrected chi connectivity index (χ1v) is 5.24. The Balaban J connectivity index is 3.06. The highest BCUT2D eigenvalue weighted by Crippen LogP contribution is 2.24. The number of hydrogen-bond acceptors (Lipinski definition) is 4. The molecule has 0 fully saturated rings. The summed E-state index contributed by atoms with van der Waals surface area (Å²) >= 11 is 0. The molecule has 0 radical (unpaired) electrons. The van der Waals surface area contributed by atoms with Crippen molar-refractivity contribution in [3.63, 3.8) is 0 Å². The summed E-state index contributed by atoms with van der Waals surface area (Å²) in [6.07, 6.45) is -4.91. The van der Waals surface area contributed by atoms with Crippen molar-refractivity contribution < 1.29 is 31.5 Å². The van der Waals surface area contributed by atoms with Gasteiger partial charge in [0.2, 0.25) is 0 Å². The number of ether oxygens (including phenoxy) is 1. The van der Waals surface area contributed by atoms with Crippen molar-refractivity contribution in [3.05, 3.63) is 24.3 Å². The lowest BCUT2D eigenvalue weighted by Crippen LogP contribution is -2.20. The first-order valence-electron chi connectivity index (χ1n) is 3.76. The maximum absolute atomic E-state index is 11.8. The van der Waals surface area contributed by atoms with Crippen LogP contribution in [0.3, 0.4) is 0 Å². The van der Waals surface area contributed by atoms with E-state index in [0.717, 1.165) is 23.1 Å². The summed E-state index contributed by atoms with van der Waals surface area (Å²) in [4.78, 5) is 0.438. The van der Waals surface area contributed by atoms with E-state index in [9.17, 15) is 21.6 Å². The number of sulfonamides is 1. The molecule has 0 unspecified atom stereocenters. The van der Waals surface area contributed by atoms with Gasteiger partial charge in [0, 0.05) is 6.07 Å². The number of hydrogen-bond donors (Lipinski definition) is 2. The monoisotopic (exact) mass is 257 g/mol. The number of alkyl halides is 3. The smallest absolute Gasteiger partial charge is 0.406 e. The van der Waals surface area contributed by atoms with Crippen LogP contribution in [0.4, 0.5) is 13.2 Å². The molecule has 0 aromatic heterocycles. The molecule has 90 valence electrons. The van der Waals surface area contributed by atoms with Crippen molar-refractivity contribution in [1.82, 2.24) is 4.89 Å². The van der Waals surface area contributed by atoms with E-state index in [2.05, 4.69) is 4.74 Å². The second kappa shape index (κ2) is 4.28. The Hall–Kier alpha value is -1.32. The molecule has 1 aromatic rings. The summed E-state index contributed by atoms with van der Waals surface area (Å²) in [5, 5.41) is 8.27. The maximum Gasteiger partial charge on any atom is 0.573 e. The minimum atomic E-state index is -4.91. The Morgan fingerprint density at radius 1 is 1.31 bits per heavy atom. The molecule has 1 rings (SSSR count). The molecule has 0 saturated heterocycles. The number of halogens is 3. The SMILES string of the molecule is O=S(=O)(NO)c1cccc(OC(F)(F)F)c1. The van der Waals surface area contributed by atoms with Gasteiger partial charge in [-0.1, -0.05) is 11.0 Å². The quantitative estimate of drug-likeness (QED) is 0.799. The molecule has 0 aliphatic rings. The number of nitrogens with one attached hydrogen (secondary N) is 1. The van der Waals surface area contributed by atoms with E-state index in [1.165, 1.54) is 0 Å². The molecule has 0 amide bonds. The topological polar surface area (TPSA) is 75.6 Å². The Kier molecular flexibility index (Phi) is 3.41. The van der Waals surface area contributed by atoms with Crippen LogP contribution in [0.15, 0.2) is 29.2 Å². The van der Waals surface area contributed by atoms with Gasteiger partial charge >= 0.3 is 6.36 Å². The zero-order chi connectivity index (χ0) is 12.4. The first kappa shape index (κ1) is 12.7. The van der Waals surface area contributed by atoms with Gasteiger partial charge in [-0.2, -0.15) is 0 Å². The molecule has 2 N–H and O–H groups in total. The first-order chi connectivity index (χ1) is 7.24. The summed E-state index contributed by atoms with van der Waals surface area (Å²) in [6.45, 7) is 0. The second-order valence-corrected chi connectivity index (χ2v) is 4.28. The maximum atomic E-state index is 11.8. The molecule has 9 heteroatoms. The van der Waals surface area contributed by atoms with E-state index in [1.54, 1.807) is 0 Å². The lowest BCUT2D eigenvalue weighted by Gasteiger charge is -2.09. The molecule has 0 atom stereocenters. The fourth-order valence-corrected chi connectivity index (χ4v) is 1.53. The van der Waals surface area contributed by atoms with Gasteiger partial charge in [0.25, 0.3) is 10.0 Å². The third kappa shape index (κ3) is 3.36. The minimum Gasteiger partial charge on any atom is -0.406 e. The zero-order valence-electron chi connectivity index (χ0n) is 7.52. The van der Waals surface area contributed by atoms with E-state index >= 15 is 0 Å². The van der Waals surface area contributed by atoms with Crippen molar-refractivity contribution in [2.24, 2.45) is 0 Å². The van der Waals surface area contributed by atoms with Crippen LogP contribution < -0.4 is 9.62 Å². The molecule has 0 spiro atoms. The predicted octanol–water partition coefficient (Wildman–Crippen LogP) is 1.25. The Morgan fingerprint density at radius 3 is 2.44 bits per heavy atom. The Morgan fingerprint density at radius 2 is 1.94 bits per heavy atom. The third-order valence-corrected chi connectivity index (χ3v) is 2.58. The molecule has 16 heavy (non-hydrogen) atoms. The summed E-state index contributed by atoms with van der Waals surface area (Å²) in [7, 11) is -4.22. The summed E-state index contributed by atoms with van der Waals surface area (Å²) in [6, 6.07) is 3.61. The minimum absolute atomic E-state index is 0.545. The molecule has 0 heterocycles. The van der Waals surface area contributed by atoms with Crippen molar-refractivity contribution in [2.45, 2.75) is 11.3 Å². The van der Waals surface area contributed by atoms with E-state index in [0.29, 0.717) is 6.07 Å². The molecule has 1 aromatic carbocycles. The highest BCUT2D eigenvalue weighted by molar-refractivity contribution is 7.89. The molecular formula is C7H6F3NO4S.